The van der Waals surface area contributed by atoms with Crippen molar-refractivity contribution in [2.75, 3.05) is 13.1 Å². The molecule has 16 nitrogen and oxygen atoms in total. The normalized spacial score (nSPS) is 16.4. The number of hydrazine groups is 7. The molecule has 1 aliphatic heterocycles. The van der Waals surface area contributed by atoms with E-state index in [4.69, 9.17) is 0 Å². The molecule has 1 heterocycles. The summed E-state index contributed by atoms with van der Waals surface area (Å²) in [6.07, 6.45) is 0.00241. The van der Waals surface area contributed by atoms with Crippen molar-refractivity contribution in [2.45, 2.75) is 12.8 Å². The van der Waals surface area contributed by atoms with Gasteiger partial charge in [-0.1, -0.05) is 0 Å². The molecule has 0 saturated carbocycles. The predicted octanol–water partition coefficient (Wildman–Crippen LogP) is -1.50. The van der Waals surface area contributed by atoms with E-state index in [-0.39, 0.29) is 23.1 Å². The monoisotopic (exact) mass is 296 g/mol. The fraction of sp³-hybridized carbons (Fsp3) is 1.00. The molecular formula is C4H8N8O8. The van der Waals surface area contributed by atoms with Crippen LogP contribution in [0.15, 0.2) is 0 Å². The van der Waals surface area contributed by atoms with Gasteiger partial charge in [-0.25, -0.2) is 40.5 Å². The first-order chi connectivity index (χ1) is 9.27. The third-order valence-electron chi connectivity index (χ3n) is 2.21. The summed E-state index contributed by atoms with van der Waals surface area (Å²) in [5, 5.41) is 35.9. The van der Waals surface area contributed by atoms with Gasteiger partial charge in [-0.15, -0.1) is 0 Å². The summed E-state index contributed by atoms with van der Waals surface area (Å²) >= 11 is 0. The first kappa shape index (κ1) is 14.9. The molecule has 16 heteroatoms. The summed E-state index contributed by atoms with van der Waals surface area (Å²) < 4.78 is 0. The van der Waals surface area contributed by atoms with E-state index in [1.165, 1.54) is 0 Å². The molecule has 1 aliphatic rings. The largest absolute Gasteiger partial charge is 0.233 e. The summed E-state index contributed by atoms with van der Waals surface area (Å²) in [7, 11) is 0. The number of rotatable bonds is 4. The molecule has 0 aromatic rings. The SMILES string of the molecule is O=[N+]([O-])N1CCCCN([N+](=O)[O-])N([N+](=O)[O-])N1[N+](=O)[O-]. The van der Waals surface area contributed by atoms with E-state index in [2.05, 4.69) is 0 Å². The highest BCUT2D eigenvalue weighted by molar-refractivity contribution is 4.47. The Morgan fingerprint density at radius 2 is 0.900 bits per heavy atom. The maximum Gasteiger partial charge on any atom is 0.215 e. The van der Waals surface area contributed by atoms with Gasteiger partial charge in [-0.3, -0.25) is 0 Å². The van der Waals surface area contributed by atoms with Crippen LogP contribution in [0.2, 0.25) is 0 Å². The number of nitrogens with zero attached hydrogens (tertiary/aromatic N) is 8. The number of hydrogen-bond acceptors (Lipinski definition) is 8. The molecule has 1 saturated heterocycles. The summed E-state index contributed by atoms with van der Waals surface area (Å²) in [5.74, 6) is 0. The van der Waals surface area contributed by atoms with Gasteiger partial charge >= 0.3 is 0 Å². The van der Waals surface area contributed by atoms with Gasteiger partial charge in [-0.05, 0) is 12.8 Å². The summed E-state index contributed by atoms with van der Waals surface area (Å²) in [5.41, 5.74) is 0. The predicted molar refractivity (Wildman–Crippen MR) is 54.3 cm³/mol. The lowest BCUT2D eigenvalue weighted by Crippen LogP contribution is -2.67. The zero-order valence-electron chi connectivity index (χ0n) is 9.67. The second-order valence-corrected chi connectivity index (χ2v) is 3.39. The molecule has 0 radical (unpaired) electrons. The van der Waals surface area contributed by atoms with Crippen molar-refractivity contribution in [2.24, 2.45) is 0 Å². The second kappa shape index (κ2) is 5.63. The maximum atomic E-state index is 10.8. The van der Waals surface area contributed by atoms with Crippen LogP contribution >= 0.6 is 0 Å². The van der Waals surface area contributed by atoms with Crippen molar-refractivity contribution < 1.29 is 20.1 Å². The first-order valence-corrected chi connectivity index (χ1v) is 4.99. The van der Waals surface area contributed by atoms with E-state index in [0.717, 1.165) is 0 Å². The van der Waals surface area contributed by atoms with Crippen LogP contribution in [0.1, 0.15) is 12.8 Å². The van der Waals surface area contributed by atoms with Crippen LogP contribution in [0.25, 0.3) is 0 Å². The fourth-order valence-electron chi connectivity index (χ4n) is 1.46. The van der Waals surface area contributed by atoms with Gasteiger partial charge in [0.15, 0.2) is 10.1 Å². The molecule has 20 heavy (non-hydrogen) atoms. The van der Waals surface area contributed by atoms with Crippen molar-refractivity contribution in [1.82, 2.24) is 20.7 Å². The Bertz CT molecular complexity index is 400. The van der Waals surface area contributed by atoms with Crippen LogP contribution in [0, 0.1) is 40.5 Å². The zero-order valence-corrected chi connectivity index (χ0v) is 9.67. The van der Waals surface area contributed by atoms with Gasteiger partial charge in [-0.2, -0.15) is 0 Å². The number of nitro groups is 4. The quantitative estimate of drug-likeness (QED) is 0.432. The maximum absolute atomic E-state index is 10.8. The van der Waals surface area contributed by atoms with E-state index < -0.39 is 43.7 Å². The van der Waals surface area contributed by atoms with Gasteiger partial charge in [0.2, 0.25) is 20.5 Å². The third kappa shape index (κ3) is 2.79. The van der Waals surface area contributed by atoms with E-state index in [9.17, 15) is 40.5 Å². The molecule has 0 aromatic carbocycles. The van der Waals surface area contributed by atoms with Crippen molar-refractivity contribution >= 4 is 0 Å². The lowest BCUT2D eigenvalue weighted by atomic mass is 10.3. The zero-order chi connectivity index (χ0) is 15.4. The van der Waals surface area contributed by atoms with Gasteiger partial charge in [0.25, 0.3) is 0 Å². The molecule has 0 amide bonds. The van der Waals surface area contributed by atoms with Crippen LogP contribution in [0.3, 0.4) is 0 Å². The van der Waals surface area contributed by atoms with Gasteiger partial charge in [0.05, 0.1) is 10.2 Å². The minimum Gasteiger partial charge on any atom is -0.233 e. The lowest BCUT2D eigenvalue weighted by molar-refractivity contribution is -0.982. The number of hydrogen-bond donors (Lipinski definition) is 0. The molecule has 0 aliphatic carbocycles. The second-order valence-electron chi connectivity index (χ2n) is 3.39. The molecule has 0 bridgehead atoms. The smallest absolute Gasteiger partial charge is 0.215 e. The Labute approximate surface area is 108 Å². The van der Waals surface area contributed by atoms with Crippen molar-refractivity contribution in [1.29, 1.82) is 0 Å². The lowest BCUT2D eigenvalue weighted by Gasteiger charge is -2.27. The van der Waals surface area contributed by atoms with E-state index in [1.807, 2.05) is 0 Å². The Balaban J connectivity index is 3.29. The molecular weight excluding hydrogens is 288 g/mol. The van der Waals surface area contributed by atoms with E-state index in [0.29, 0.717) is 0 Å². The van der Waals surface area contributed by atoms with E-state index >= 15 is 0 Å². The van der Waals surface area contributed by atoms with Gasteiger partial charge < -0.3 is 0 Å². The topological polar surface area (TPSA) is 186 Å². The molecule has 1 fully saturated rings. The molecule has 0 N–H and O–H groups in total. The van der Waals surface area contributed by atoms with Crippen LogP contribution in [0.4, 0.5) is 0 Å². The van der Waals surface area contributed by atoms with Crippen LogP contribution in [-0.4, -0.2) is 53.9 Å². The Morgan fingerprint density at radius 3 is 1.10 bits per heavy atom. The molecule has 0 atom stereocenters. The van der Waals surface area contributed by atoms with E-state index in [1.54, 1.807) is 0 Å². The minimum absolute atomic E-state index is 0.00120. The average molecular weight is 296 g/mol. The fourth-order valence-corrected chi connectivity index (χ4v) is 1.46. The summed E-state index contributed by atoms with van der Waals surface area (Å²) in [4.78, 5) is 43.1. The minimum atomic E-state index is -1.49. The van der Waals surface area contributed by atoms with Crippen molar-refractivity contribution in [3.05, 3.63) is 40.5 Å². The highest BCUT2D eigenvalue weighted by Crippen LogP contribution is 2.15. The molecule has 0 aromatic heterocycles. The van der Waals surface area contributed by atoms with Crippen molar-refractivity contribution in [3.8, 4) is 0 Å². The third-order valence-corrected chi connectivity index (χ3v) is 2.21. The summed E-state index contributed by atoms with van der Waals surface area (Å²) in [6, 6.07) is 0. The average Bonchev–Trinajstić information content (AvgIpc) is 2.26. The molecule has 0 unspecified atom stereocenters. The van der Waals surface area contributed by atoms with Gasteiger partial charge in [0, 0.05) is 0 Å². The molecule has 1 rings (SSSR count). The van der Waals surface area contributed by atoms with Gasteiger partial charge in [0.1, 0.15) is 13.1 Å². The van der Waals surface area contributed by atoms with Crippen LogP contribution in [0.5, 0.6) is 0 Å². The Hall–Kier alpha value is -3.20. The highest BCUT2D eigenvalue weighted by atomic mass is 16.8. The molecule has 0 spiro atoms. The van der Waals surface area contributed by atoms with Crippen LogP contribution in [-0.2, 0) is 0 Å². The summed E-state index contributed by atoms with van der Waals surface area (Å²) in [6.45, 7) is -1.02. The van der Waals surface area contributed by atoms with Crippen molar-refractivity contribution in [3.63, 3.8) is 0 Å². The first-order valence-electron chi connectivity index (χ1n) is 4.99. The Morgan fingerprint density at radius 1 is 0.600 bits per heavy atom. The molecule has 112 valence electrons. The highest BCUT2D eigenvalue weighted by Gasteiger charge is 2.53. The Kier molecular flexibility index (Phi) is 4.18. The standard InChI is InChI=1S/C4H8N8O8/c13-9(14)5-3-1-2-4-6(10(15)16)8(12(19)20)7(5)11(17)18/h1-4H2. The van der Waals surface area contributed by atoms with Crippen LogP contribution < -0.4 is 0 Å².